The molecule has 0 bridgehead atoms. The molecule has 1 aliphatic carbocycles. The largest absolute Gasteiger partial charge is 0.388 e. The summed E-state index contributed by atoms with van der Waals surface area (Å²) < 4.78 is 1.39. The molecule has 0 atom stereocenters. The van der Waals surface area contributed by atoms with Crippen molar-refractivity contribution in [1.29, 1.82) is 0 Å². The number of likely N-dealkylation sites (N-methyl/N-ethyl adjacent to an activating group) is 1. The lowest BCUT2D eigenvalue weighted by Crippen LogP contribution is -2.39. The molecule has 3 rings (SSSR count). The maximum Gasteiger partial charge on any atom is 0.200 e. The van der Waals surface area contributed by atoms with E-state index in [-0.39, 0.29) is 0 Å². The molecule has 2 heterocycles. The van der Waals surface area contributed by atoms with Crippen molar-refractivity contribution in [2.24, 2.45) is 0 Å². The third-order valence-corrected chi connectivity index (χ3v) is 3.51. The quantitative estimate of drug-likeness (QED) is 0.839. The summed E-state index contributed by atoms with van der Waals surface area (Å²) in [6, 6.07) is 3.68. The fourth-order valence-electron chi connectivity index (χ4n) is 2.56. The Morgan fingerprint density at radius 1 is 1.39 bits per heavy atom. The third-order valence-electron chi connectivity index (χ3n) is 3.51. The Morgan fingerprint density at radius 3 is 2.94 bits per heavy atom. The van der Waals surface area contributed by atoms with E-state index < -0.39 is 5.60 Å². The second kappa shape index (κ2) is 4.16. The molecule has 2 aromatic heterocycles. The van der Waals surface area contributed by atoms with Crippen molar-refractivity contribution in [3.05, 3.63) is 12.1 Å². The third kappa shape index (κ3) is 2.01. The molecule has 7 nitrogen and oxygen atoms in total. The molecule has 0 spiro atoms. The average molecular weight is 248 g/mol. The molecule has 7 heteroatoms. The molecule has 0 amide bonds. The highest BCUT2D eigenvalue weighted by atomic mass is 16.3. The predicted octanol–water partition coefficient (Wildman–Crippen LogP) is 0.261. The lowest BCUT2D eigenvalue weighted by molar-refractivity contribution is 0.0557. The summed E-state index contributed by atoms with van der Waals surface area (Å²) in [5.41, 5.74) is 0.0400. The summed E-state index contributed by atoms with van der Waals surface area (Å²) in [5.74, 6) is 0.759. The van der Waals surface area contributed by atoms with Crippen LogP contribution in [0.1, 0.15) is 25.7 Å². The topological polar surface area (TPSA) is 79.4 Å². The van der Waals surface area contributed by atoms with Crippen LogP contribution in [0.15, 0.2) is 12.1 Å². The van der Waals surface area contributed by atoms with Gasteiger partial charge < -0.3 is 10.0 Å². The lowest BCUT2D eigenvalue weighted by Gasteiger charge is -2.29. The maximum atomic E-state index is 10.4. The minimum atomic E-state index is -0.577. The van der Waals surface area contributed by atoms with Gasteiger partial charge in [-0.1, -0.05) is 12.8 Å². The van der Waals surface area contributed by atoms with Crippen molar-refractivity contribution in [3.63, 3.8) is 0 Å². The Kier molecular flexibility index (Phi) is 2.62. The van der Waals surface area contributed by atoms with E-state index in [9.17, 15) is 5.11 Å². The average Bonchev–Trinajstić information content (AvgIpc) is 2.96. The molecule has 18 heavy (non-hydrogen) atoms. The monoisotopic (exact) mass is 248 g/mol. The lowest BCUT2D eigenvalue weighted by atomic mass is 10.0. The SMILES string of the molecule is CN(CC1(O)CCCC1)c1ccc2nnnn2n1. The molecule has 0 radical (unpaired) electrons. The highest BCUT2D eigenvalue weighted by Crippen LogP contribution is 2.30. The van der Waals surface area contributed by atoms with Crippen LogP contribution in [0.25, 0.3) is 5.65 Å². The fraction of sp³-hybridized carbons (Fsp3) is 0.636. The molecular formula is C11H16N6O. The molecule has 1 aliphatic rings. The zero-order valence-corrected chi connectivity index (χ0v) is 10.3. The van der Waals surface area contributed by atoms with Gasteiger partial charge in [0.1, 0.15) is 0 Å². The van der Waals surface area contributed by atoms with Crippen molar-refractivity contribution in [2.45, 2.75) is 31.3 Å². The molecule has 0 aromatic carbocycles. The summed E-state index contributed by atoms with van der Waals surface area (Å²) in [5, 5.41) is 25.8. The Labute approximate surface area is 104 Å². The van der Waals surface area contributed by atoms with Crippen molar-refractivity contribution in [3.8, 4) is 0 Å². The van der Waals surface area contributed by atoms with E-state index in [0.29, 0.717) is 12.2 Å². The van der Waals surface area contributed by atoms with Crippen LogP contribution in [0.3, 0.4) is 0 Å². The summed E-state index contributed by atoms with van der Waals surface area (Å²) in [7, 11) is 1.93. The van der Waals surface area contributed by atoms with Crippen LogP contribution in [0.5, 0.6) is 0 Å². The van der Waals surface area contributed by atoms with Crippen LogP contribution in [0, 0.1) is 0 Å². The van der Waals surface area contributed by atoms with Crippen molar-refractivity contribution in [1.82, 2.24) is 25.3 Å². The van der Waals surface area contributed by atoms with Gasteiger partial charge in [-0.25, -0.2) is 0 Å². The Hall–Kier alpha value is -1.76. The Bertz CT molecular complexity index is 547. The van der Waals surface area contributed by atoms with Crippen LogP contribution in [0.4, 0.5) is 5.82 Å². The van der Waals surface area contributed by atoms with Gasteiger partial charge in [-0.05, 0) is 35.4 Å². The van der Waals surface area contributed by atoms with E-state index in [2.05, 4.69) is 20.6 Å². The summed E-state index contributed by atoms with van der Waals surface area (Å²) in [6.07, 6.45) is 3.93. The van der Waals surface area contributed by atoms with E-state index >= 15 is 0 Å². The van der Waals surface area contributed by atoms with Gasteiger partial charge in [0.25, 0.3) is 0 Å². The van der Waals surface area contributed by atoms with Gasteiger partial charge in [0.15, 0.2) is 11.5 Å². The minimum absolute atomic E-state index is 0.577. The predicted molar refractivity (Wildman–Crippen MR) is 65.3 cm³/mol. The number of hydrogen-bond donors (Lipinski definition) is 1. The first-order valence-electron chi connectivity index (χ1n) is 6.15. The van der Waals surface area contributed by atoms with E-state index in [1.165, 1.54) is 4.63 Å². The van der Waals surface area contributed by atoms with Crippen molar-refractivity contribution in [2.75, 3.05) is 18.5 Å². The standard InChI is InChI=1S/C11H16N6O/c1-16(8-11(18)6-2-3-7-11)10-5-4-9-12-14-15-17(9)13-10/h4-5,18H,2-3,6-8H2,1H3. The molecule has 1 saturated carbocycles. The fourth-order valence-corrected chi connectivity index (χ4v) is 2.56. The van der Waals surface area contributed by atoms with Crippen LogP contribution in [-0.2, 0) is 0 Å². The number of rotatable bonds is 3. The number of aromatic nitrogens is 5. The van der Waals surface area contributed by atoms with E-state index in [4.69, 9.17) is 0 Å². The Balaban J connectivity index is 1.80. The number of aliphatic hydroxyl groups is 1. The van der Waals surface area contributed by atoms with Gasteiger partial charge in [-0.2, -0.15) is 0 Å². The zero-order chi connectivity index (χ0) is 12.6. The van der Waals surface area contributed by atoms with E-state index in [0.717, 1.165) is 31.5 Å². The highest BCUT2D eigenvalue weighted by molar-refractivity contribution is 5.44. The maximum absolute atomic E-state index is 10.4. The first-order chi connectivity index (χ1) is 8.66. The van der Waals surface area contributed by atoms with E-state index in [1.807, 2.05) is 24.1 Å². The Morgan fingerprint density at radius 2 is 2.17 bits per heavy atom. The summed E-state index contributed by atoms with van der Waals surface area (Å²) >= 11 is 0. The normalized spacial score (nSPS) is 18.3. The molecule has 96 valence electrons. The molecule has 0 aliphatic heterocycles. The summed E-state index contributed by atoms with van der Waals surface area (Å²) in [6.45, 7) is 0.591. The smallest absolute Gasteiger partial charge is 0.200 e. The number of anilines is 1. The molecule has 1 N–H and O–H groups in total. The van der Waals surface area contributed by atoms with Crippen LogP contribution in [-0.4, -0.2) is 49.6 Å². The van der Waals surface area contributed by atoms with Crippen LogP contribution in [0.2, 0.25) is 0 Å². The van der Waals surface area contributed by atoms with Gasteiger partial charge >= 0.3 is 0 Å². The van der Waals surface area contributed by atoms with Crippen molar-refractivity contribution < 1.29 is 5.11 Å². The van der Waals surface area contributed by atoms with Gasteiger partial charge in [0, 0.05) is 13.6 Å². The van der Waals surface area contributed by atoms with Crippen LogP contribution < -0.4 is 4.90 Å². The number of nitrogens with zero attached hydrogens (tertiary/aromatic N) is 6. The second-order valence-corrected chi connectivity index (χ2v) is 5.01. The number of hydrogen-bond acceptors (Lipinski definition) is 6. The summed E-state index contributed by atoms with van der Waals surface area (Å²) in [4.78, 5) is 1.95. The molecule has 1 fully saturated rings. The van der Waals surface area contributed by atoms with E-state index in [1.54, 1.807) is 0 Å². The molecule has 0 saturated heterocycles. The van der Waals surface area contributed by atoms with Gasteiger partial charge in [-0.3, -0.25) is 0 Å². The molecular weight excluding hydrogens is 232 g/mol. The zero-order valence-electron chi connectivity index (χ0n) is 10.3. The minimum Gasteiger partial charge on any atom is -0.388 e. The molecule has 2 aromatic rings. The number of fused-ring (bicyclic) bond motifs is 1. The molecule has 0 unspecified atom stereocenters. The highest BCUT2D eigenvalue weighted by Gasteiger charge is 2.32. The second-order valence-electron chi connectivity index (χ2n) is 5.01. The van der Waals surface area contributed by atoms with Crippen molar-refractivity contribution >= 4 is 11.5 Å². The first kappa shape index (κ1) is 11.3. The number of tetrazole rings is 1. The van der Waals surface area contributed by atoms with Crippen LogP contribution >= 0.6 is 0 Å². The van der Waals surface area contributed by atoms with Gasteiger partial charge in [-0.15, -0.1) is 14.8 Å². The van der Waals surface area contributed by atoms with Gasteiger partial charge in [0.2, 0.25) is 0 Å². The van der Waals surface area contributed by atoms with Gasteiger partial charge in [0.05, 0.1) is 5.60 Å². The first-order valence-corrected chi connectivity index (χ1v) is 6.15.